The van der Waals surface area contributed by atoms with Crippen LogP contribution >= 0.6 is 15.9 Å². The molecule has 1 aromatic heterocycles. The molecule has 0 aliphatic carbocycles. The van der Waals surface area contributed by atoms with E-state index in [1.54, 1.807) is 12.1 Å². The van der Waals surface area contributed by atoms with E-state index in [4.69, 9.17) is 10.00 Å². The highest BCUT2D eigenvalue weighted by Crippen LogP contribution is 2.29. The average molecular weight is 289 g/mol. The fraction of sp³-hybridized carbons (Fsp3) is 0.0769. The summed E-state index contributed by atoms with van der Waals surface area (Å²) < 4.78 is 6.46. The van der Waals surface area contributed by atoms with Crippen LogP contribution in [0.5, 0.6) is 11.6 Å². The number of nitriles is 1. The van der Waals surface area contributed by atoms with Crippen molar-refractivity contribution < 1.29 is 4.74 Å². The highest BCUT2D eigenvalue weighted by molar-refractivity contribution is 9.10. The number of halogens is 1. The van der Waals surface area contributed by atoms with E-state index in [0.717, 1.165) is 10.2 Å². The normalized spacial score (nSPS) is 9.71. The van der Waals surface area contributed by atoms with Crippen molar-refractivity contribution in [2.75, 3.05) is 0 Å². The number of aromatic nitrogens is 1. The number of pyridine rings is 1. The second-order valence-corrected chi connectivity index (χ2v) is 4.30. The molecule has 1 aromatic carbocycles. The maximum atomic E-state index is 8.97. The van der Waals surface area contributed by atoms with Crippen molar-refractivity contribution in [1.82, 2.24) is 4.98 Å². The molecule has 84 valence electrons. The van der Waals surface area contributed by atoms with Crippen LogP contribution < -0.4 is 4.74 Å². The minimum Gasteiger partial charge on any atom is -0.436 e. The van der Waals surface area contributed by atoms with Gasteiger partial charge in [0.25, 0.3) is 0 Å². The zero-order valence-electron chi connectivity index (χ0n) is 9.14. The number of nitrogens with zero attached hydrogens (tertiary/aromatic N) is 2. The zero-order valence-corrected chi connectivity index (χ0v) is 10.7. The summed E-state index contributed by atoms with van der Waals surface area (Å²) in [6.07, 6.45) is 0. The molecule has 2 rings (SSSR count). The molecule has 17 heavy (non-hydrogen) atoms. The molecule has 2 aromatic rings. The smallest absolute Gasteiger partial charge is 0.237 e. The Balaban J connectivity index is 2.40. The van der Waals surface area contributed by atoms with Gasteiger partial charge in [0.1, 0.15) is 17.4 Å². The van der Waals surface area contributed by atoms with Gasteiger partial charge in [-0.2, -0.15) is 5.26 Å². The lowest BCUT2D eigenvalue weighted by Gasteiger charge is -2.08. The van der Waals surface area contributed by atoms with E-state index < -0.39 is 0 Å². The van der Waals surface area contributed by atoms with Crippen molar-refractivity contribution in [2.24, 2.45) is 0 Å². The summed E-state index contributed by atoms with van der Waals surface area (Å²) in [5, 5.41) is 8.97. The molecule has 0 saturated carbocycles. The molecule has 0 saturated heterocycles. The molecule has 0 N–H and O–H groups in total. The number of benzene rings is 1. The first-order chi connectivity index (χ1) is 8.20. The van der Waals surface area contributed by atoms with Crippen LogP contribution in [0.3, 0.4) is 0 Å². The average Bonchev–Trinajstić information content (AvgIpc) is 2.32. The third-order valence-corrected chi connectivity index (χ3v) is 2.82. The van der Waals surface area contributed by atoms with E-state index in [2.05, 4.69) is 27.0 Å². The summed E-state index contributed by atoms with van der Waals surface area (Å²) in [4.78, 5) is 4.21. The monoisotopic (exact) mass is 288 g/mol. The van der Waals surface area contributed by atoms with Crippen molar-refractivity contribution >= 4 is 15.9 Å². The molecular weight excluding hydrogens is 280 g/mol. The lowest BCUT2D eigenvalue weighted by Crippen LogP contribution is -1.94. The Kier molecular flexibility index (Phi) is 3.40. The number of para-hydroxylation sites is 1. The molecule has 0 amide bonds. The summed E-state index contributed by atoms with van der Waals surface area (Å²) >= 11 is 3.38. The molecule has 3 nitrogen and oxygen atoms in total. The SMILES string of the molecule is Cc1ccc(C#N)c(Oc2ccccc2Br)n1. The first-order valence-electron chi connectivity index (χ1n) is 5.01. The van der Waals surface area contributed by atoms with Gasteiger partial charge in [-0.1, -0.05) is 12.1 Å². The van der Waals surface area contributed by atoms with Crippen LogP contribution in [0.4, 0.5) is 0 Å². The molecule has 0 spiro atoms. The number of hydrogen-bond acceptors (Lipinski definition) is 3. The molecule has 0 aliphatic rings. The summed E-state index contributed by atoms with van der Waals surface area (Å²) in [7, 11) is 0. The predicted octanol–water partition coefficient (Wildman–Crippen LogP) is 3.82. The van der Waals surface area contributed by atoms with Gasteiger partial charge in [-0.05, 0) is 47.1 Å². The van der Waals surface area contributed by atoms with Crippen molar-refractivity contribution in [2.45, 2.75) is 6.92 Å². The minimum absolute atomic E-state index is 0.333. The third kappa shape index (κ3) is 2.63. The number of hydrogen-bond donors (Lipinski definition) is 0. The van der Waals surface area contributed by atoms with Crippen molar-refractivity contribution in [1.29, 1.82) is 5.26 Å². The maximum absolute atomic E-state index is 8.97. The van der Waals surface area contributed by atoms with Gasteiger partial charge >= 0.3 is 0 Å². The van der Waals surface area contributed by atoms with Crippen LogP contribution in [0.1, 0.15) is 11.3 Å². The quantitative estimate of drug-likeness (QED) is 0.844. The Bertz CT molecular complexity index is 590. The Morgan fingerprint density at radius 1 is 1.24 bits per heavy atom. The van der Waals surface area contributed by atoms with Crippen LogP contribution in [-0.2, 0) is 0 Å². The van der Waals surface area contributed by atoms with E-state index in [9.17, 15) is 0 Å². The standard InChI is InChI=1S/C13H9BrN2O/c1-9-6-7-10(8-15)13(16-9)17-12-5-3-2-4-11(12)14/h2-7H,1H3. The van der Waals surface area contributed by atoms with Crippen LogP contribution in [-0.4, -0.2) is 4.98 Å². The van der Waals surface area contributed by atoms with Crippen molar-refractivity contribution in [3.8, 4) is 17.7 Å². The topological polar surface area (TPSA) is 45.9 Å². The summed E-state index contributed by atoms with van der Waals surface area (Å²) in [6.45, 7) is 1.86. The Labute approximate surface area is 108 Å². The van der Waals surface area contributed by atoms with Gasteiger partial charge in [0.2, 0.25) is 5.88 Å². The first-order valence-corrected chi connectivity index (χ1v) is 5.80. The Morgan fingerprint density at radius 2 is 2.00 bits per heavy atom. The van der Waals surface area contributed by atoms with Gasteiger partial charge in [-0.3, -0.25) is 0 Å². The van der Waals surface area contributed by atoms with E-state index in [0.29, 0.717) is 17.2 Å². The number of aryl methyl sites for hydroxylation is 1. The predicted molar refractivity (Wildman–Crippen MR) is 67.9 cm³/mol. The highest BCUT2D eigenvalue weighted by Gasteiger charge is 2.08. The molecule has 0 bridgehead atoms. The number of ether oxygens (including phenoxy) is 1. The van der Waals surface area contributed by atoms with Crippen molar-refractivity contribution in [3.05, 3.63) is 52.1 Å². The molecule has 0 atom stereocenters. The van der Waals surface area contributed by atoms with Crippen LogP contribution in [0.25, 0.3) is 0 Å². The maximum Gasteiger partial charge on any atom is 0.237 e. The molecule has 0 radical (unpaired) electrons. The summed E-state index contributed by atoms with van der Waals surface area (Å²) in [5.41, 5.74) is 1.23. The van der Waals surface area contributed by atoms with Crippen LogP contribution in [0, 0.1) is 18.3 Å². The van der Waals surface area contributed by atoms with E-state index in [-0.39, 0.29) is 0 Å². The van der Waals surface area contributed by atoms with E-state index in [1.165, 1.54) is 0 Å². The van der Waals surface area contributed by atoms with Crippen molar-refractivity contribution in [3.63, 3.8) is 0 Å². The highest BCUT2D eigenvalue weighted by atomic mass is 79.9. The van der Waals surface area contributed by atoms with Gasteiger partial charge in [-0.25, -0.2) is 4.98 Å². The molecule has 0 aliphatic heterocycles. The molecule has 1 heterocycles. The Morgan fingerprint density at radius 3 is 2.71 bits per heavy atom. The van der Waals surface area contributed by atoms with E-state index >= 15 is 0 Å². The fourth-order valence-electron chi connectivity index (χ4n) is 1.33. The second-order valence-electron chi connectivity index (χ2n) is 3.45. The lowest BCUT2D eigenvalue weighted by molar-refractivity contribution is 0.457. The van der Waals surface area contributed by atoms with Gasteiger partial charge in [0.15, 0.2) is 0 Å². The van der Waals surface area contributed by atoms with Crippen LogP contribution in [0.15, 0.2) is 40.9 Å². The Hall–Kier alpha value is -1.86. The molecule has 0 fully saturated rings. The molecular formula is C13H9BrN2O. The van der Waals surface area contributed by atoms with Gasteiger partial charge in [-0.15, -0.1) is 0 Å². The lowest BCUT2D eigenvalue weighted by atomic mass is 10.2. The number of rotatable bonds is 2. The van der Waals surface area contributed by atoms with Gasteiger partial charge < -0.3 is 4.74 Å². The van der Waals surface area contributed by atoms with Crippen LogP contribution in [0.2, 0.25) is 0 Å². The third-order valence-electron chi connectivity index (χ3n) is 2.16. The first kappa shape index (κ1) is 11.6. The van der Waals surface area contributed by atoms with Gasteiger partial charge in [0, 0.05) is 5.69 Å². The molecule has 0 unspecified atom stereocenters. The molecule has 4 heteroatoms. The summed E-state index contributed by atoms with van der Waals surface area (Å²) in [6, 6.07) is 13.0. The largest absolute Gasteiger partial charge is 0.436 e. The van der Waals surface area contributed by atoms with Gasteiger partial charge in [0.05, 0.1) is 4.47 Å². The minimum atomic E-state index is 0.333. The second kappa shape index (κ2) is 4.98. The summed E-state index contributed by atoms with van der Waals surface area (Å²) in [5.74, 6) is 0.974. The fourth-order valence-corrected chi connectivity index (χ4v) is 1.69. The zero-order chi connectivity index (χ0) is 12.3. The van der Waals surface area contributed by atoms with E-state index in [1.807, 2.05) is 31.2 Å².